The van der Waals surface area contributed by atoms with Gasteiger partial charge in [0.25, 0.3) is 0 Å². The first-order valence-electron chi connectivity index (χ1n) is 15.1. The van der Waals surface area contributed by atoms with Gasteiger partial charge >= 0.3 is 0 Å². The van der Waals surface area contributed by atoms with E-state index < -0.39 is 0 Å². The molecule has 8 rings (SSSR count). The van der Waals surface area contributed by atoms with E-state index in [9.17, 15) is 0 Å². The molecular weight excluding hydrogens is 504 g/mol. The molecule has 6 aliphatic rings. The summed E-state index contributed by atoms with van der Waals surface area (Å²) in [4.78, 5) is 0. The molecule has 0 fully saturated rings. The highest BCUT2D eigenvalue weighted by atomic mass is 14.3. The van der Waals surface area contributed by atoms with E-state index in [1.807, 2.05) is 0 Å². The molecule has 0 N–H and O–H groups in total. The van der Waals surface area contributed by atoms with E-state index in [1.165, 1.54) is 72.0 Å². The lowest BCUT2D eigenvalue weighted by atomic mass is 9.74. The van der Waals surface area contributed by atoms with Crippen molar-refractivity contribution in [3.63, 3.8) is 0 Å². The molecule has 0 bridgehead atoms. The van der Waals surface area contributed by atoms with Gasteiger partial charge in [0.15, 0.2) is 0 Å². The number of hydrogen-bond acceptors (Lipinski definition) is 0. The van der Waals surface area contributed by atoms with Crippen molar-refractivity contribution in [3.05, 3.63) is 191 Å². The Bertz CT molecular complexity index is 1980. The minimum atomic E-state index is 0.277. The molecule has 1 atom stereocenters. The first kappa shape index (κ1) is 24.8. The zero-order valence-electron chi connectivity index (χ0n) is 23.6. The number of allylic oxidation sites excluding steroid dienone is 18. The van der Waals surface area contributed by atoms with Crippen molar-refractivity contribution in [2.75, 3.05) is 0 Å². The van der Waals surface area contributed by atoms with Gasteiger partial charge in [-0.1, -0.05) is 152 Å². The Kier molecular flexibility index (Phi) is 6.19. The van der Waals surface area contributed by atoms with Gasteiger partial charge in [0.1, 0.15) is 0 Å². The number of fused-ring (bicyclic) bond motifs is 4. The van der Waals surface area contributed by atoms with Crippen LogP contribution in [-0.2, 0) is 0 Å². The molecule has 0 spiro atoms. The summed E-state index contributed by atoms with van der Waals surface area (Å²) in [6.45, 7) is 0. The Morgan fingerprint density at radius 1 is 0.595 bits per heavy atom. The van der Waals surface area contributed by atoms with Gasteiger partial charge in [0.05, 0.1) is 0 Å². The van der Waals surface area contributed by atoms with E-state index in [2.05, 4.69) is 152 Å². The Morgan fingerprint density at radius 2 is 1.48 bits per heavy atom. The monoisotopic (exact) mass is 536 g/mol. The molecule has 0 amide bonds. The smallest absolute Gasteiger partial charge is 0.00713 e. The van der Waals surface area contributed by atoms with Crippen molar-refractivity contribution in [1.82, 2.24) is 0 Å². The average molecular weight is 537 g/mol. The van der Waals surface area contributed by atoms with Crippen LogP contribution in [0.1, 0.15) is 30.4 Å². The molecule has 0 radical (unpaired) electrons. The van der Waals surface area contributed by atoms with E-state index in [1.54, 1.807) is 0 Å². The second-order valence-corrected chi connectivity index (χ2v) is 11.5. The summed E-state index contributed by atoms with van der Waals surface area (Å²) in [5.74, 6) is 0.277. The molecule has 0 nitrogen and oxygen atoms in total. The van der Waals surface area contributed by atoms with Crippen LogP contribution in [0.4, 0.5) is 0 Å². The molecule has 1 unspecified atom stereocenters. The van der Waals surface area contributed by atoms with Crippen molar-refractivity contribution in [2.45, 2.75) is 19.3 Å². The maximum Gasteiger partial charge on any atom is 0.00713 e. The standard InChI is InChI=1S/C42H32/c1-3-13-31-24-26-39(36(31)18-5-1)42-40(38-21-11-17-30-15-9-10-19-35(30)38)27-25-32-14-4-2-6-20-37(32)41(42)34-23-22-29-12-7-8-16-33(29)28-34/h1-7,9-15,17-22,24-28,34H,8,16,23H2. The molecule has 42 heavy (non-hydrogen) atoms. The lowest BCUT2D eigenvalue weighted by Crippen LogP contribution is -2.13. The molecule has 0 heteroatoms. The summed E-state index contributed by atoms with van der Waals surface area (Å²) in [6, 6.07) is 31.2. The van der Waals surface area contributed by atoms with Crippen LogP contribution in [0.25, 0.3) is 33.0 Å². The Morgan fingerprint density at radius 3 is 2.48 bits per heavy atom. The maximum atomic E-state index is 2.59. The SMILES string of the molecule is C1=CC=C2C(=CC=C(c3cccc4ccccc34)C(c3ccc4cccccc3-4)=C2C2C=C3CCC=CC3=CC2)C=C1. The van der Waals surface area contributed by atoms with Gasteiger partial charge in [-0.25, -0.2) is 0 Å². The van der Waals surface area contributed by atoms with E-state index in [-0.39, 0.29) is 5.92 Å². The first-order valence-corrected chi connectivity index (χ1v) is 15.1. The fourth-order valence-electron chi connectivity index (χ4n) is 7.13. The maximum absolute atomic E-state index is 2.59. The fraction of sp³-hybridized carbons (Fsp3) is 0.0952. The average Bonchev–Trinajstić information content (AvgIpc) is 3.21. The largest absolute Gasteiger partial charge is 0.0836 e. The zero-order chi connectivity index (χ0) is 27.9. The second-order valence-electron chi connectivity index (χ2n) is 11.5. The summed E-state index contributed by atoms with van der Waals surface area (Å²) < 4.78 is 0. The van der Waals surface area contributed by atoms with Gasteiger partial charge in [0.2, 0.25) is 0 Å². The molecule has 2 aromatic carbocycles. The molecule has 6 aliphatic carbocycles. The summed E-state index contributed by atoms with van der Waals surface area (Å²) in [5, 5.41) is 2.56. The molecule has 0 saturated heterocycles. The predicted octanol–water partition coefficient (Wildman–Crippen LogP) is 11.0. The van der Waals surface area contributed by atoms with Crippen molar-refractivity contribution < 1.29 is 0 Å². The third-order valence-corrected chi connectivity index (χ3v) is 9.08. The normalized spacial score (nSPS) is 19.7. The quantitative estimate of drug-likeness (QED) is 0.244. The van der Waals surface area contributed by atoms with Gasteiger partial charge in [0, 0.05) is 5.92 Å². The lowest BCUT2D eigenvalue weighted by molar-refractivity contribution is 0.750. The molecule has 0 aliphatic heterocycles. The summed E-state index contributed by atoms with van der Waals surface area (Å²) >= 11 is 0. The lowest BCUT2D eigenvalue weighted by Gasteiger charge is -2.29. The molecule has 2 aromatic rings. The third-order valence-electron chi connectivity index (χ3n) is 9.08. The molecule has 200 valence electrons. The number of rotatable bonds is 3. The van der Waals surface area contributed by atoms with Gasteiger partial charge in [-0.15, -0.1) is 0 Å². The summed E-state index contributed by atoms with van der Waals surface area (Å²) in [7, 11) is 0. The molecule has 0 aromatic heterocycles. The van der Waals surface area contributed by atoms with Crippen LogP contribution in [0.2, 0.25) is 0 Å². The van der Waals surface area contributed by atoms with Crippen molar-refractivity contribution in [1.29, 1.82) is 0 Å². The van der Waals surface area contributed by atoms with Crippen molar-refractivity contribution in [2.24, 2.45) is 5.92 Å². The van der Waals surface area contributed by atoms with Crippen LogP contribution in [0.5, 0.6) is 0 Å². The van der Waals surface area contributed by atoms with E-state index in [4.69, 9.17) is 0 Å². The third kappa shape index (κ3) is 4.23. The van der Waals surface area contributed by atoms with Crippen molar-refractivity contribution >= 4 is 21.9 Å². The number of benzene rings is 2. The Hall–Kier alpha value is -4.94. The highest BCUT2D eigenvalue weighted by Crippen LogP contribution is 2.50. The molecule has 0 heterocycles. The van der Waals surface area contributed by atoms with Crippen LogP contribution in [-0.4, -0.2) is 0 Å². The molecule has 0 saturated carbocycles. The fourth-order valence-corrected chi connectivity index (χ4v) is 7.13. The summed E-state index contributed by atoms with van der Waals surface area (Å²) in [5.41, 5.74) is 14.7. The Labute approximate surface area is 248 Å². The van der Waals surface area contributed by atoms with Crippen LogP contribution in [0, 0.1) is 5.92 Å². The Balaban J connectivity index is 1.48. The van der Waals surface area contributed by atoms with Crippen molar-refractivity contribution in [3.8, 4) is 11.1 Å². The van der Waals surface area contributed by atoms with Gasteiger partial charge in [-0.3, -0.25) is 0 Å². The van der Waals surface area contributed by atoms with E-state index in [0.717, 1.165) is 19.3 Å². The predicted molar refractivity (Wildman–Crippen MR) is 179 cm³/mol. The molecular formula is C42H32. The zero-order valence-corrected chi connectivity index (χ0v) is 23.6. The summed E-state index contributed by atoms with van der Waals surface area (Å²) in [6.07, 6.45) is 28.8. The topological polar surface area (TPSA) is 0 Å². The van der Waals surface area contributed by atoms with Crippen LogP contribution >= 0.6 is 0 Å². The second kappa shape index (κ2) is 10.5. The minimum Gasteiger partial charge on any atom is -0.0836 e. The van der Waals surface area contributed by atoms with Crippen LogP contribution in [0.15, 0.2) is 180 Å². The van der Waals surface area contributed by atoms with E-state index in [0.29, 0.717) is 0 Å². The van der Waals surface area contributed by atoms with Crippen LogP contribution < -0.4 is 0 Å². The number of hydrogen-bond donors (Lipinski definition) is 0. The minimum absolute atomic E-state index is 0.277. The first-order chi connectivity index (χ1) is 20.8. The van der Waals surface area contributed by atoms with Gasteiger partial charge in [-0.05, 0) is 91.3 Å². The van der Waals surface area contributed by atoms with Gasteiger partial charge in [-0.2, -0.15) is 0 Å². The highest BCUT2D eigenvalue weighted by molar-refractivity contribution is 6.15. The van der Waals surface area contributed by atoms with Gasteiger partial charge < -0.3 is 0 Å². The van der Waals surface area contributed by atoms with E-state index >= 15 is 0 Å². The van der Waals surface area contributed by atoms with Crippen LogP contribution in [0.3, 0.4) is 0 Å². The highest BCUT2D eigenvalue weighted by Gasteiger charge is 2.31.